The van der Waals surface area contributed by atoms with Gasteiger partial charge in [0.05, 0.1) is 12.8 Å². The molecule has 1 saturated heterocycles. The van der Waals surface area contributed by atoms with E-state index in [0.29, 0.717) is 20.0 Å². The number of hydrogen-bond donors (Lipinski definition) is 3. The molecule has 3 heterocycles. The maximum absolute atomic E-state index is 12.7. The van der Waals surface area contributed by atoms with Crippen LogP contribution in [0.4, 0.5) is 0 Å². The third-order valence-electron chi connectivity index (χ3n) is 4.62. The Morgan fingerprint density at radius 1 is 1.16 bits per heavy atom. The standard InChI is InChI=1S/C19H16N4O6S3/c24-11(6-9-4-2-1-3-5-9)20-14-16(27)23-15(18(28)29)10(8-30-17(14)23)31-19-22-21-12(32-19)7-13(25)26/h1-5,14,17H,6-8H2,(H,20,24)(H,25,26)(H,28,29)/t14-,17-/m1/s1. The van der Waals surface area contributed by atoms with Crippen molar-refractivity contribution in [2.75, 3.05) is 5.75 Å². The van der Waals surface area contributed by atoms with Crippen molar-refractivity contribution in [1.29, 1.82) is 0 Å². The number of fused-ring (bicyclic) bond motifs is 1. The molecule has 0 unspecified atom stereocenters. The Morgan fingerprint density at radius 3 is 2.59 bits per heavy atom. The lowest BCUT2D eigenvalue weighted by Gasteiger charge is -2.49. The van der Waals surface area contributed by atoms with Gasteiger partial charge in [0.25, 0.3) is 5.91 Å². The number of aliphatic carboxylic acids is 2. The number of carbonyl (C=O) groups is 4. The van der Waals surface area contributed by atoms with Crippen LogP contribution in [0.3, 0.4) is 0 Å². The fourth-order valence-corrected chi connectivity index (χ4v) is 6.79. The third-order valence-corrected chi connectivity index (χ3v) is 8.14. The number of carboxylic acids is 2. The van der Waals surface area contributed by atoms with Crippen LogP contribution in [0.15, 0.2) is 45.3 Å². The lowest BCUT2D eigenvalue weighted by molar-refractivity contribution is -0.150. The molecule has 1 fully saturated rings. The SMILES string of the molecule is O=C(O)Cc1nnc(SC2=C(C(=O)O)N3C(=O)[C@@H](NC(=O)Cc4ccccc4)[C@H]3SC2)s1. The van der Waals surface area contributed by atoms with E-state index in [1.807, 2.05) is 30.3 Å². The zero-order valence-corrected chi connectivity index (χ0v) is 18.7. The smallest absolute Gasteiger partial charge is 0.353 e. The normalized spacial score (nSPS) is 19.9. The number of aromatic nitrogens is 2. The average molecular weight is 493 g/mol. The Labute approximate surface area is 194 Å². The summed E-state index contributed by atoms with van der Waals surface area (Å²) in [6.45, 7) is 0. The molecule has 2 atom stereocenters. The molecule has 4 rings (SSSR count). The topological polar surface area (TPSA) is 150 Å². The summed E-state index contributed by atoms with van der Waals surface area (Å²) in [5, 5.41) is 28.8. The number of nitrogens with zero attached hydrogens (tertiary/aromatic N) is 3. The lowest BCUT2D eigenvalue weighted by atomic mass is 10.0. The quantitative estimate of drug-likeness (QED) is 0.459. The number of rotatable bonds is 8. The van der Waals surface area contributed by atoms with Crippen molar-refractivity contribution in [3.63, 3.8) is 0 Å². The number of amides is 2. The maximum Gasteiger partial charge on any atom is 0.353 e. The average Bonchev–Trinajstić information content (AvgIpc) is 3.18. The van der Waals surface area contributed by atoms with Crippen molar-refractivity contribution in [3.05, 3.63) is 51.5 Å². The highest BCUT2D eigenvalue weighted by Gasteiger charge is 2.54. The summed E-state index contributed by atoms with van der Waals surface area (Å²) in [5.74, 6) is -2.78. The highest BCUT2D eigenvalue weighted by atomic mass is 32.2. The molecule has 1 aromatic carbocycles. The summed E-state index contributed by atoms with van der Waals surface area (Å²) in [6.07, 6.45) is -0.144. The van der Waals surface area contributed by atoms with Crippen LogP contribution in [0.1, 0.15) is 10.6 Å². The molecular formula is C19H16N4O6S3. The van der Waals surface area contributed by atoms with E-state index in [4.69, 9.17) is 5.11 Å². The predicted octanol–water partition coefficient (Wildman–Crippen LogP) is 1.20. The van der Waals surface area contributed by atoms with Crippen molar-refractivity contribution in [3.8, 4) is 0 Å². The summed E-state index contributed by atoms with van der Waals surface area (Å²) in [4.78, 5) is 49.4. The summed E-state index contributed by atoms with van der Waals surface area (Å²) < 4.78 is 0.398. The van der Waals surface area contributed by atoms with Gasteiger partial charge < -0.3 is 15.5 Å². The molecule has 13 heteroatoms. The number of thioether (sulfide) groups is 2. The summed E-state index contributed by atoms with van der Waals surface area (Å²) in [7, 11) is 0. The Hall–Kier alpha value is -2.90. The number of benzene rings is 1. The zero-order valence-electron chi connectivity index (χ0n) is 16.3. The number of hydrogen-bond acceptors (Lipinski definition) is 9. The van der Waals surface area contributed by atoms with Gasteiger partial charge in [0.1, 0.15) is 22.1 Å². The second-order valence-corrected chi connectivity index (χ2v) is 10.3. The van der Waals surface area contributed by atoms with Gasteiger partial charge in [0.2, 0.25) is 5.91 Å². The van der Waals surface area contributed by atoms with Crippen LogP contribution >= 0.6 is 34.9 Å². The third kappa shape index (κ3) is 4.64. The van der Waals surface area contributed by atoms with Crippen molar-refractivity contribution in [2.24, 2.45) is 0 Å². The van der Waals surface area contributed by atoms with E-state index < -0.39 is 29.3 Å². The summed E-state index contributed by atoms with van der Waals surface area (Å²) in [5.41, 5.74) is 0.668. The van der Waals surface area contributed by atoms with Gasteiger partial charge in [-0.3, -0.25) is 19.3 Å². The fraction of sp³-hybridized carbons (Fsp3) is 0.263. The van der Waals surface area contributed by atoms with Crippen molar-refractivity contribution in [1.82, 2.24) is 20.4 Å². The molecule has 2 aromatic rings. The molecular weight excluding hydrogens is 476 g/mol. The maximum atomic E-state index is 12.7. The number of carboxylic acid groups (broad SMARTS) is 2. The molecule has 0 radical (unpaired) electrons. The van der Waals surface area contributed by atoms with Crippen LogP contribution in [0.2, 0.25) is 0 Å². The first-order chi connectivity index (χ1) is 15.3. The Bertz CT molecular complexity index is 1120. The first-order valence-corrected chi connectivity index (χ1v) is 12.0. The molecule has 166 valence electrons. The lowest BCUT2D eigenvalue weighted by Crippen LogP contribution is -2.70. The first kappa shape index (κ1) is 22.3. The van der Waals surface area contributed by atoms with Crippen LogP contribution in [0, 0.1) is 0 Å². The molecule has 10 nitrogen and oxygen atoms in total. The second-order valence-electron chi connectivity index (χ2n) is 6.83. The van der Waals surface area contributed by atoms with E-state index in [9.17, 15) is 24.3 Å². The molecule has 3 N–H and O–H groups in total. The Morgan fingerprint density at radius 2 is 1.91 bits per heavy atom. The Balaban J connectivity index is 1.46. The van der Waals surface area contributed by atoms with E-state index in [0.717, 1.165) is 28.7 Å². The molecule has 0 aliphatic carbocycles. The van der Waals surface area contributed by atoms with Gasteiger partial charge in [-0.1, -0.05) is 53.4 Å². The van der Waals surface area contributed by atoms with Crippen molar-refractivity contribution < 1.29 is 29.4 Å². The van der Waals surface area contributed by atoms with Gasteiger partial charge >= 0.3 is 11.9 Å². The minimum Gasteiger partial charge on any atom is -0.481 e. The van der Waals surface area contributed by atoms with Crippen LogP contribution in [-0.2, 0) is 32.0 Å². The minimum atomic E-state index is -1.25. The minimum absolute atomic E-state index is 0.125. The van der Waals surface area contributed by atoms with E-state index in [2.05, 4.69) is 15.5 Å². The van der Waals surface area contributed by atoms with Gasteiger partial charge in [-0.25, -0.2) is 4.79 Å². The molecule has 1 aromatic heterocycles. The monoisotopic (exact) mass is 492 g/mol. The Kier molecular flexibility index (Phi) is 6.48. The fourth-order valence-electron chi connectivity index (χ4n) is 3.26. The van der Waals surface area contributed by atoms with Crippen LogP contribution in [-0.4, -0.2) is 66.2 Å². The molecule has 0 saturated carbocycles. The van der Waals surface area contributed by atoms with Crippen molar-refractivity contribution >= 4 is 58.6 Å². The van der Waals surface area contributed by atoms with Gasteiger partial charge in [-0.05, 0) is 5.56 Å². The molecule has 2 aliphatic rings. The molecule has 2 amide bonds. The van der Waals surface area contributed by atoms with Gasteiger partial charge in [-0.2, -0.15) is 0 Å². The van der Waals surface area contributed by atoms with Crippen LogP contribution in [0.25, 0.3) is 0 Å². The van der Waals surface area contributed by atoms with Gasteiger partial charge in [0.15, 0.2) is 4.34 Å². The summed E-state index contributed by atoms with van der Waals surface area (Å²) in [6, 6.07) is 8.32. The van der Waals surface area contributed by atoms with E-state index >= 15 is 0 Å². The highest BCUT2D eigenvalue weighted by Crippen LogP contribution is 2.45. The first-order valence-electron chi connectivity index (χ1n) is 9.30. The largest absolute Gasteiger partial charge is 0.481 e. The molecule has 0 bridgehead atoms. The van der Waals surface area contributed by atoms with E-state index in [-0.39, 0.29) is 24.4 Å². The molecule has 0 spiro atoms. The second kappa shape index (κ2) is 9.30. The van der Waals surface area contributed by atoms with Crippen molar-refractivity contribution in [2.45, 2.75) is 28.6 Å². The predicted molar refractivity (Wildman–Crippen MR) is 117 cm³/mol. The van der Waals surface area contributed by atoms with E-state index in [1.54, 1.807) is 0 Å². The number of nitrogens with one attached hydrogen (secondary N) is 1. The number of β-lactam (4-membered cyclic amide) rings is 1. The van der Waals surface area contributed by atoms with Gasteiger partial charge in [0, 0.05) is 10.7 Å². The van der Waals surface area contributed by atoms with Gasteiger partial charge in [-0.15, -0.1) is 22.0 Å². The van der Waals surface area contributed by atoms with E-state index in [1.165, 1.54) is 16.7 Å². The zero-order chi connectivity index (χ0) is 22.8. The van der Waals surface area contributed by atoms with Crippen LogP contribution < -0.4 is 5.32 Å². The highest BCUT2D eigenvalue weighted by molar-refractivity contribution is 8.07. The molecule has 32 heavy (non-hydrogen) atoms. The number of carbonyl (C=O) groups excluding carboxylic acids is 2. The van der Waals surface area contributed by atoms with Crippen LogP contribution in [0.5, 0.6) is 0 Å². The summed E-state index contributed by atoms with van der Waals surface area (Å²) >= 11 is 3.47. The molecule has 2 aliphatic heterocycles.